The smallest absolute Gasteiger partial charge is 0.132 e. The molecule has 0 atom stereocenters. The molecule has 0 bridgehead atoms. The standard InChI is InChI=1S/C3H3IN2S2/c4-1-2-3(7)5-6-8-2/h7H,1H2. The van der Waals surface area contributed by atoms with Gasteiger partial charge >= 0.3 is 0 Å². The van der Waals surface area contributed by atoms with Gasteiger partial charge in [-0.1, -0.05) is 27.1 Å². The van der Waals surface area contributed by atoms with Crippen molar-refractivity contribution >= 4 is 46.8 Å². The van der Waals surface area contributed by atoms with Crippen LogP contribution in [-0.2, 0) is 4.43 Å². The molecule has 5 heteroatoms. The van der Waals surface area contributed by atoms with Crippen LogP contribution in [0.5, 0.6) is 0 Å². The van der Waals surface area contributed by atoms with Crippen molar-refractivity contribution in [3.8, 4) is 0 Å². The highest BCUT2D eigenvalue weighted by molar-refractivity contribution is 14.1. The Balaban J connectivity index is 2.92. The van der Waals surface area contributed by atoms with Crippen molar-refractivity contribution in [1.82, 2.24) is 9.59 Å². The van der Waals surface area contributed by atoms with E-state index < -0.39 is 0 Å². The van der Waals surface area contributed by atoms with Gasteiger partial charge in [0.1, 0.15) is 5.03 Å². The molecule has 2 nitrogen and oxygen atoms in total. The lowest BCUT2D eigenvalue weighted by atomic mass is 10.6. The molecule has 1 aromatic rings. The summed E-state index contributed by atoms with van der Waals surface area (Å²) in [5, 5.41) is 4.48. The van der Waals surface area contributed by atoms with Gasteiger partial charge in [0.05, 0.1) is 4.88 Å². The van der Waals surface area contributed by atoms with E-state index in [-0.39, 0.29) is 0 Å². The predicted molar refractivity (Wildman–Crippen MR) is 44.9 cm³/mol. The van der Waals surface area contributed by atoms with E-state index >= 15 is 0 Å². The van der Waals surface area contributed by atoms with Crippen LogP contribution in [0.25, 0.3) is 0 Å². The number of rotatable bonds is 1. The fourth-order valence-electron chi connectivity index (χ4n) is 0.289. The van der Waals surface area contributed by atoms with Gasteiger partial charge in [-0.25, -0.2) is 0 Å². The third-order valence-electron chi connectivity index (χ3n) is 0.657. The first kappa shape index (κ1) is 6.76. The quantitative estimate of drug-likeness (QED) is 0.472. The third kappa shape index (κ3) is 1.32. The molecule has 0 unspecified atom stereocenters. The summed E-state index contributed by atoms with van der Waals surface area (Å²) < 4.78 is 4.66. The van der Waals surface area contributed by atoms with Crippen molar-refractivity contribution in [1.29, 1.82) is 0 Å². The van der Waals surface area contributed by atoms with Crippen LogP contribution in [0.3, 0.4) is 0 Å². The Bertz CT molecular complexity index is 176. The molecule has 0 aliphatic rings. The SMILES string of the molecule is Sc1nnsc1CI. The van der Waals surface area contributed by atoms with E-state index in [1.165, 1.54) is 11.5 Å². The minimum Gasteiger partial charge on any atom is -0.132 e. The predicted octanol–water partition coefficient (Wildman–Crippen LogP) is 1.76. The van der Waals surface area contributed by atoms with Gasteiger partial charge in [0.15, 0.2) is 0 Å². The number of thiol groups is 1. The number of nitrogens with zero attached hydrogens (tertiary/aromatic N) is 2. The van der Waals surface area contributed by atoms with Crippen LogP contribution >= 0.6 is 46.8 Å². The summed E-state index contributed by atoms with van der Waals surface area (Å²) in [5.41, 5.74) is 0. The zero-order valence-corrected chi connectivity index (χ0v) is 7.70. The summed E-state index contributed by atoms with van der Waals surface area (Å²) in [6, 6.07) is 0. The van der Waals surface area contributed by atoms with E-state index in [0.717, 1.165) is 14.3 Å². The van der Waals surface area contributed by atoms with Crippen LogP contribution in [0.1, 0.15) is 4.88 Å². The normalized spacial score (nSPS) is 9.75. The first-order valence-corrected chi connectivity index (χ1v) is 4.65. The van der Waals surface area contributed by atoms with Crippen molar-refractivity contribution in [3.05, 3.63) is 4.88 Å². The topological polar surface area (TPSA) is 25.8 Å². The minimum atomic E-state index is 0.768. The molecule has 0 aliphatic carbocycles. The fraction of sp³-hybridized carbons (Fsp3) is 0.333. The molecule has 8 heavy (non-hydrogen) atoms. The Morgan fingerprint density at radius 1 is 1.75 bits per heavy atom. The zero-order chi connectivity index (χ0) is 5.98. The maximum atomic E-state index is 4.06. The molecular weight excluding hydrogens is 255 g/mol. The average Bonchev–Trinajstić information content (AvgIpc) is 2.14. The second-order valence-electron chi connectivity index (χ2n) is 1.15. The molecule has 0 fully saturated rings. The first-order valence-electron chi connectivity index (χ1n) is 1.90. The van der Waals surface area contributed by atoms with E-state index in [9.17, 15) is 0 Å². The fourth-order valence-corrected chi connectivity index (χ4v) is 2.07. The summed E-state index contributed by atoms with van der Waals surface area (Å²) in [6.45, 7) is 0. The first-order chi connectivity index (χ1) is 3.84. The van der Waals surface area contributed by atoms with Crippen molar-refractivity contribution in [2.45, 2.75) is 9.45 Å². The maximum absolute atomic E-state index is 4.06. The zero-order valence-electron chi connectivity index (χ0n) is 3.83. The van der Waals surface area contributed by atoms with Crippen molar-refractivity contribution in [2.75, 3.05) is 0 Å². The van der Waals surface area contributed by atoms with Crippen molar-refractivity contribution in [3.63, 3.8) is 0 Å². The Morgan fingerprint density at radius 2 is 2.50 bits per heavy atom. The summed E-state index contributed by atoms with van der Waals surface area (Å²) >= 11 is 7.72. The molecule has 0 aliphatic heterocycles. The summed E-state index contributed by atoms with van der Waals surface area (Å²) in [5.74, 6) is 0. The molecule has 0 N–H and O–H groups in total. The van der Waals surface area contributed by atoms with Crippen LogP contribution in [-0.4, -0.2) is 9.59 Å². The Labute approximate surface area is 70.4 Å². The minimum absolute atomic E-state index is 0.768. The van der Waals surface area contributed by atoms with Crippen LogP contribution < -0.4 is 0 Å². The largest absolute Gasteiger partial charge is 0.132 e. The third-order valence-corrected chi connectivity index (χ3v) is 3.17. The summed E-state index contributed by atoms with van der Waals surface area (Å²) in [6.07, 6.45) is 0. The second kappa shape index (κ2) is 2.98. The molecule has 0 aromatic carbocycles. The summed E-state index contributed by atoms with van der Waals surface area (Å²) in [4.78, 5) is 1.15. The van der Waals surface area contributed by atoms with E-state index in [1.54, 1.807) is 0 Å². The Hall–Kier alpha value is 0.640. The molecule has 0 spiro atoms. The lowest BCUT2D eigenvalue weighted by Gasteiger charge is -1.80. The Kier molecular flexibility index (Phi) is 2.51. The van der Waals surface area contributed by atoms with Crippen LogP contribution in [0.4, 0.5) is 0 Å². The molecule has 0 radical (unpaired) electrons. The second-order valence-corrected chi connectivity index (χ2v) is 3.18. The van der Waals surface area contributed by atoms with E-state index in [0.29, 0.717) is 0 Å². The molecule has 1 rings (SSSR count). The Morgan fingerprint density at radius 3 is 2.75 bits per heavy atom. The molecule has 0 saturated carbocycles. The highest BCUT2D eigenvalue weighted by atomic mass is 127. The number of alkyl halides is 1. The van der Waals surface area contributed by atoms with Crippen LogP contribution in [0.2, 0.25) is 0 Å². The highest BCUT2D eigenvalue weighted by Gasteiger charge is 1.98. The van der Waals surface area contributed by atoms with Gasteiger partial charge < -0.3 is 0 Å². The van der Waals surface area contributed by atoms with Crippen molar-refractivity contribution < 1.29 is 0 Å². The van der Waals surface area contributed by atoms with Gasteiger partial charge in [0, 0.05) is 4.43 Å². The average molecular weight is 258 g/mol. The van der Waals surface area contributed by atoms with E-state index in [4.69, 9.17) is 0 Å². The van der Waals surface area contributed by atoms with Gasteiger partial charge in [0.2, 0.25) is 0 Å². The van der Waals surface area contributed by atoms with Gasteiger partial charge in [-0.05, 0) is 11.5 Å². The molecule has 1 aromatic heterocycles. The molecular formula is C3H3IN2S2. The maximum Gasteiger partial charge on any atom is 0.132 e. The van der Waals surface area contributed by atoms with Gasteiger partial charge in [-0.3, -0.25) is 0 Å². The number of hydrogen-bond donors (Lipinski definition) is 1. The van der Waals surface area contributed by atoms with Gasteiger partial charge in [-0.2, -0.15) is 0 Å². The van der Waals surface area contributed by atoms with Crippen LogP contribution in [0, 0.1) is 0 Å². The molecule has 0 amide bonds. The van der Waals surface area contributed by atoms with E-state index in [2.05, 4.69) is 44.8 Å². The van der Waals surface area contributed by atoms with Crippen molar-refractivity contribution in [2.24, 2.45) is 0 Å². The summed E-state index contributed by atoms with van der Waals surface area (Å²) in [7, 11) is 0. The number of hydrogen-bond acceptors (Lipinski definition) is 4. The molecule has 44 valence electrons. The highest BCUT2D eigenvalue weighted by Crippen LogP contribution is 2.16. The van der Waals surface area contributed by atoms with Crippen LogP contribution in [0.15, 0.2) is 5.03 Å². The van der Waals surface area contributed by atoms with E-state index in [1.807, 2.05) is 0 Å². The van der Waals surface area contributed by atoms with Gasteiger partial charge in [0.25, 0.3) is 0 Å². The molecule has 0 saturated heterocycles. The monoisotopic (exact) mass is 258 g/mol. The molecule has 1 heterocycles. The number of halogens is 1. The lowest BCUT2D eigenvalue weighted by molar-refractivity contribution is 1.02. The lowest BCUT2D eigenvalue weighted by Crippen LogP contribution is -1.69. The van der Waals surface area contributed by atoms with Gasteiger partial charge in [-0.15, -0.1) is 17.7 Å². The number of aromatic nitrogens is 2.